The van der Waals surface area contributed by atoms with E-state index in [1.807, 2.05) is 0 Å². The van der Waals surface area contributed by atoms with Crippen molar-refractivity contribution in [3.63, 3.8) is 0 Å². The third-order valence-corrected chi connectivity index (χ3v) is 2.73. The summed E-state index contributed by atoms with van der Waals surface area (Å²) < 4.78 is 10.1. The molecule has 4 N–H and O–H groups in total. The summed E-state index contributed by atoms with van der Waals surface area (Å²) in [5, 5.41) is 11.6. The zero-order chi connectivity index (χ0) is 17.8. The van der Waals surface area contributed by atoms with Gasteiger partial charge in [0.15, 0.2) is 6.04 Å². The SMILES string of the molecule is COc1cc(C(NC(=O)OC(C)(C)C)C(=O)O)ccc1C(N)=O. The van der Waals surface area contributed by atoms with Gasteiger partial charge in [0.05, 0.1) is 12.7 Å². The summed E-state index contributed by atoms with van der Waals surface area (Å²) in [5.41, 5.74) is 4.76. The van der Waals surface area contributed by atoms with Crippen molar-refractivity contribution in [3.05, 3.63) is 29.3 Å². The fraction of sp³-hybridized carbons (Fsp3) is 0.400. The molecule has 8 nitrogen and oxygen atoms in total. The molecule has 0 radical (unpaired) electrons. The summed E-state index contributed by atoms with van der Waals surface area (Å²) in [6.45, 7) is 4.98. The second-order valence-electron chi connectivity index (χ2n) is 5.74. The number of carbonyl (C=O) groups is 3. The molecule has 1 aromatic rings. The van der Waals surface area contributed by atoms with E-state index in [9.17, 15) is 19.5 Å². The predicted octanol–water partition coefficient (Wildman–Crippen LogP) is 1.44. The van der Waals surface area contributed by atoms with E-state index in [0.717, 1.165) is 0 Å². The Morgan fingerprint density at radius 3 is 2.30 bits per heavy atom. The third kappa shape index (κ3) is 5.17. The topological polar surface area (TPSA) is 128 Å². The second kappa shape index (κ2) is 6.99. The van der Waals surface area contributed by atoms with Crippen molar-refractivity contribution in [2.45, 2.75) is 32.4 Å². The molecule has 0 heterocycles. The van der Waals surface area contributed by atoms with Crippen molar-refractivity contribution in [2.24, 2.45) is 5.73 Å². The standard InChI is InChI=1S/C15H20N2O6/c1-15(2,3)23-14(21)17-11(13(19)20)8-5-6-9(12(16)18)10(7-8)22-4/h5-7,11H,1-4H3,(H2,16,18)(H,17,21)(H,19,20). The molecule has 1 unspecified atom stereocenters. The molecule has 0 aromatic heterocycles. The number of carboxylic acids is 1. The average molecular weight is 324 g/mol. The van der Waals surface area contributed by atoms with Gasteiger partial charge in [-0.2, -0.15) is 0 Å². The van der Waals surface area contributed by atoms with Crippen LogP contribution < -0.4 is 15.8 Å². The molecule has 0 aliphatic rings. The van der Waals surface area contributed by atoms with Gasteiger partial charge in [-0.05, 0) is 38.5 Å². The third-order valence-electron chi connectivity index (χ3n) is 2.73. The first kappa shape index (κ1) is 18.3. The van der Waals surface area contributed by atoms with Crippen LogP contribution in [0.1, 0.15) is 42.7 Å². The van der Waals surface area contributed by atoms with Crippen molar-refractivity contribution >= 4 is 18.0 Å². The highest BCUT2D eigenvalue weighted by atomic mass is 16.6. The Balaban J connectivity index is 3.09. The number of nitrogens with two attached hydrogens (primary N) is 1. The lowest BCUT2D eigenvalue weighted by atomic mass is 10.0. The summed E-state index contributed by atoms with van der Waals surface area (Å²) in [6.07, 6.45) is -0.872. The summed E-state index contributed by atoms with van der Waals surface area (Å²) in [7, 11) is 1.32. The molecule has 0 saturated heterocycles. The number of benzene rings is 1. The Hall–Kier alpha value is -2.77. The maximum absolute atomic E-state index is 11.8. The van der Waals surface area contributed by atoms with Gasteiger partial charge in [0.25, 0.3) is 5.91 Å². The fourth-order valence-corrected chi connectivity index (χ4v) is 1.80. The summed E-state index contributed by atoms with van der Waals surface area (Å²) >= 11 is 0. The highest BCUT2D eigenvalue weighted by Crippen LogP contribution is 2.24. The average Bonchev–Trinajstić information content (AvgIpc) is 2.41. The highest BCUT2D eigenvalue weighted by Gasteiger charge is 2.26. The number of primary amides is 1. The van der Waals surface area contributed by atoms with Gasteiger partial charge in [-0.1, -0.05) is 6.07 Å². The van der Waals surface area contributed by atoms with E-state index in [2.05, 4.69) is 5.32 Å². The molecule has 0 fully saturated rings. The fourth-order valence-electron chi connectivity index (χ4n) is 1.80. The van der Waals surface area contributed by atoms with Crippen molar-refractivity contribution in [3.8, 4) is 5.75 Å². The van der Waals surface area contributed by atoms with Crippen LogP contribution in [0.5, 0.6) is 5.75 Å². The number of ether oxygens (including phenoxy) is 2. The maximum Gasteiger partial charge on any atom is 0.408 e. The van der Waals surface area contributed by atoms with Gasteiger partial charge in [-0.25, -0.2) is 9.59 Å². The lowest BCUT2D eigenvalue weighted by Crippen LogP contribution is -2.38. The minimum Gasteiger partial charge on any atom is -0.496 e. The monoisotopic (exact) mass is 324 g/mol. The second-order valence-corrected chi connectivity index (χ2v) is 5.74. The van der Waals surface area contributed by atoms with E-state index in [-0.39, 0.29) is 16.9 Å². The number of aliphatic carboxylic acids is 1. The summed E-state index contributed by atoms with van der Waals surface area (Å²) in [6, 6.07) is 2.68. The van der Waals surface area contributed by atoms with E-state index in [1.54, 1.807) is 20.8 Å². The number of rotatable bonds is 5. The molecule has 0 saturated carbocycles. The number of alkyl carbamates (subject to hydrolysis) is 1. The molecule has 1 rings (SSSR count). The number of amides is 2. The molecular formula is C15H20N2O6. The lowest BCUT2D eigenvalue weighted by molar-refractivity contribution is -0.139. The van der Waals surface area contributed by atoms with Crippen molar-refractivity contribution in [1.82, 2.24) is 5.32 Å². The van der Waals surface area contributed by atoms with Crippen LogP contribution in [0.15, 0.2) is 18.2 Å². The number of hydrogen-bond acceptors (Lipinski definition) is 5. The minimum atomic E-state index is -1.36. The van der Waals surface area contributed by atoms with Crippen LogP contribution >= 0.6 is 0 Å². The van der Waals surface area contributed by atoms with Gasteiger partial charge in [-0.15, -0.1) is 0 Å². The van der Waals surface area contributed by atoms with Crippen molar-refractivity contribution < 1.29 is 29.0 Å². The smallest absolute Gasteiger partial charge is 0.408 e. The molecule has 0 spiro atoms. The van der Waals surface area contributed by atoms with Crippen LogP contribution in [0.4, 0.5) is 4.79 Å². The van der Waals surface area contributed by atoms with Gasteiger partial charge in [0.1, 0.15) is 11.4 Å². The molecule has 1 atom stereocenters. The number of methoxy groups -OCH3 is 1. The van der Waals surface area contributed by atoms with Gasteiger partial charge < -0.3 is 25.6 Å². The number of carboxylic acid groups (broad SMARTS) is 1. The van der Waals surface area contributed by atoms with E-state index >= 15 is 0 Å². The molecule has 0 bridgehead atoms. The normalized spacial score (nSPS) is 12.2. The Morgan fingerprint density at radius 1 is 1.26 bits per heavy atom. The van der Waals surface area contributed by atoms with Crippen LogP contribution in [0.3, 0.4) is 0 Å². The quantitative estimate of drug-likeness (QED) is 0.752. The van der Waals surface area contributed by atoms with E-state index in [1.165, 1.54) is 25.3 Å². The summed E-state index contributed by atoms with van der Waals surface area (Å²) in [4.78, 5) is 34.5. The predicted molar refractivity (Wildman–Crippen MR) is 81.3 cm³/mol. The maximum atomic E-state index is 11.8. The zero-order valence-electron chi connectivity index (χ0n) is 13.4. The molecule has 126 valence electrons. The van der Waals surface area contributed by atoms with Crippen molar-refractivity contribution in [1.29, 1.82) is 0 Å². The van der Waals surface area contributed by atoms with Crippen LogP contribution in [-0.2, 0) is 9.53 Å². The van der Waals surface area contributed by atoms with Crippen molar-refractivity contribution in [2.75, 3.05) is 7.11 Å². The zero-order valence-corrected chi connectivity index (χ0v) is 13.4. The number of carbonyl (C=O) groups excluding carboxylic acids is 2. The Labute approximate surface area is 133 Å². The molecule has 2 amide bonds. The highest BCUT2D eigenvalue weighted by molar-refractivity contribution is 5.96. The molecule has 8 heteroatoms. The molecule has 0 aliphatic carbocycles. The largest absolute Gasteiger partial charge is 0.496 e. The van der Waals surface area contributed by atoms with Gasteiger partial charge in [0, 0.05) is 0 Å². The van der Waals surface area contributed by atoms with Crippen LogP contribution in [0.25, 0.3) is 0 Å². The number of nitrogens with one attached hydrogen (secondary N) is 1. The van der Waals surface area contributed by atoms with E-state index in [0.29, 0.717) is 0 Å². The molecule has 23 heavy (non-hydrogen) atoms. The van der Waals surface area contributed by atoms with Gasteiger partial charge >= 0.3 is 12.1 Å². The van der Waals surface area contributed by atoms with Crippen LogP contribution in [0, 0.1) is 0 Å². The number of hydrogen-bond donors (Lipinski definition) is 3. The van der Waals surface area contributed by atoms with Crippen LogP contribution in [-0.4, -0.2) is 35.8 Å². The Kier molecular flexibility index (Phi) is 5.56. The lowest BCUT2D eigenvalue weighted by Gasteiger charge is -2.22. The Morgan fingerprint density at radius 2 is 1.87 bits per heavy atom. The minimum absolute atomic E-state index is 0.109. The van der Waals surface area contributed by atoms with Gasteiger partial charge in [-0.3, -0.25) is 4.79 Å². The Bertz CT molecular complexity index is 621. The molecular weight excluding hydrogens is 304 g/mol. The summed E-state index contributed by atoms with van der Waals surface area (Å²) in [5.74, 6) is -1.88. The van der Waals surface area contributed by atoms with Gasteiger partial charge in [0.2, 0.25) is 0 Å². The first-order valence-electron chi connectivity index (χ1n) is 6.75. The molecule has 1 aromatic carbocycles. The molecule has 0 aliphatic heterocycles. The first-order chi connectivity index (χ1) is 10.5. The van der Waals surface area contributed by atoms with E-state index < -0.39 is 29.6 Å². The van der Waals surface area contributed by atoms with Crippen LogP contribution in [0.2, 0.25) is 0 Å². The van der Waals surface area contributed by atoms with E-state index in [4.69, 9.17) is 15.2 Å². The first-order valence-corrected chi connectivity index (χ1v) is 6.75.